The highest BCUT2D eigenvalue weighted by Gasteiger charge is 2.06. The Balaban J connectivity index is 2.35. The number of carbonyl (C=O) groups is 1. The van der Waals surface area contributed by atoms with Crippen LogP contribution in [-0.4, -0.2) is 34.0 Å². The fraction of sp³-hybridized carbons (Fsp3) is 0.727. The summed E-state index contributed by atoms with van der Waals surface area (Å²) >= 11 is 0. The second-order valence-electron chi connectivity index (χ2n) is 4.39. The number of nitrogens with one attached hydrogen (secondary N) is 2. The monoisotopic (exact) mass is 239 g/mol. The van der Waals surface area contributed by atoms with Gasteiger partial charge in [0, 0.05) is 13.1 Å². The van der Waals surface area contributed by atoms with Crippen molar-refractivity contribution in [2.45, 2.75) is 33.9 Å². The third kappa shape index (κ3) is 5.44. The van der Waals surface area contributed by atoms with Gasteiger partial charge in [-0.3, -0.25) is 4.79 Å². The van der Waals surface area contributed by atoms with E-state index < -0.39 is 0 Å². The number of amides is 1. The zero-order chi connectivity index (χ0) is 12.7. The van der Waals surface area contributed by atoms with E-state index in [1.165, 1.54) is 0 Å². The summed E-state index contributed by atoms with van der Waals surface area (Å²) in [7, 11) is 0. The number of nitrogens with zero attached hydrogens (tertiary/aromatic N) is 3. The maximum absolute atomic E-state index is 11.5. The van der Waals surface area contributed by atoms with Crippen LogP contribution in [-0.2, 0) is 17.9 Å². The van der Waals surface area contributed by atoms with E-state index in [9.17, 15) is 4.79 Å². The van der Waals surface area contributed by atoms with Crippen molar-refractivity contribution in [3.8, 4) is 0 Å². The number of aromatic nitrogens is 3. The number of carbonyl (C=O) groups excluding carboxylic acids is 1. The molecule has 0 aromatic carbocycles. The zero-order valence-corrected chi connectivity index (χ0v) is 10.7. The minimum absolute atomic E-state index is 0.0291. The van der Waals surface area contributed by atoms with Crippen LogP contribution in [0.4, 0.5) is 0 Å². The Kier molecular flexibility index (Phi) is 5.62. The van der Waals surface area contributed by atoms with Gasteiger partial charge in [-0.2, -0.15) is 0 Å². The molecule has 6 nitrogen and oxygen atoms in total. The molecule has 0 unspecified atom stereocenters. The Hall–Kier alpha value is -1.43. The lowest BCUT2D eigenvalue weighted by molar-refractivity contribution is -0.122. The molecule has 0 radical (unpaired) electrons. The Morgan fingerprint density at radius 1 is 1.53 bits per heavy atom. The van der Waals surface area contributed by atoms with Gasteiger partial charge in [-0.25, -0.2) is 4.68 Å². The first kappa shape index (κ1) is 13.6. The molecule has 1 rings (SSSR count). The van der Waals surface area contributed by atoms with Gasteiger partial charge in [0.1, 0.15) is 6.54 Å². The van der Waals surface area contributed by atoms with Crippen molar-refractivity contribution < 1.29 is 4.79 Å². The molecule has 0 aliphatic carbocycles. The van der Waals surface area contributed by atoms with Crippen molar-refractivity contribution in [1.29, 1.82) is 0 Å². The Morgan fingerprint density at radius 2 is 2.29 bits per heavy atom. The van der Waals surface area contributed by atoms with Crippen LogP contribution >= 0.6 is 0 Å². The van der Waals surface area contributed by atoms with E-state index in [-0.39, 0.29) is 12.5 Å². The molecule has 1 aromatic heterocycles. The van der Waals surface area contributed by atoms with Gasteiger partial charge in [-0.05, 0) is 12.5 Å². The molecule has 0 atom stereocenters. The first-order valence-electron chi connectivity index (χ1n) is 5.98. The Morgan fingerprint density at radius 3 is 2.94 bits per heavy atom. The summed E-state index contributed by atoms with van der Waals surface area (Å²) in [6, 6.07) is 0. The lowest BCUT2D eigenvalue weighted by atomic mass is 10.2. The molecule has 0 aliphatic rings. The molecule has 2 N–H and O–H groups in total. The second-order valence-corrected chi connectivity index (χ2v) is 4.39. The molecule has 0 aliphatic heterocycles. The molecule has 1 amide bonds. The van der Waals surface area contributed by atoms with E-state index in [1.54, 1.807) is 10.9 Å². The highest BCUT2D eigenvalue weighted by atomic mass is 16.2. The van der Waals surface area contributed by atoms with Crippen LogP contribution in [0, 0.1) is 5.92 Å². The smallest absolute Gasteiger partial charge is 0.241 e. The Bertz CT molecular complexity index is 347. The van der Waals surface area contributed by atoms with Crippen LogP contribution in [0.3, 0.4) is 0 Å². The van der Waals surface area contributed by atoms with E-state index in [2.05, 4.69) is 34.8 Å². The number of hydrogen-bond donors (Lipinski definition) is 2. The minimum Gasteiger partial charge on any atom is -0.354 e. The highest BCUT2D eigenvalue weighted by Crippen LogP contribution is 1.93. The molecule has 0 saturated heterocycles. The quantitative estimate of drug-likeness (QED) is 0.711. The van der Waals surface area contributed by atoms with Crippen molar-refractivity contribution in [3.05, 3.63) is 11.9 Å². The molecule has 6 heteroatoms. The van der Waals surface area contributed by atoms with E-state index in [0.29, 0.717) is 19.0 Å². The molecule has 17 heavy (non-hydrogen) atoms. The van der Waals surface area contributed by atoms with Crippen LogP contribution in [0.1, 0.15) is 26.5 Å². The van der Waals surface area contributed by atoms with Crippen LogP contribution in [0.25, 0.3) is 0 Å². The van der Waals surface area contributed by atoms with Gasteiger partial charge >= 0.3 is 0 Å². The SMILES string of the molecule is CCNCc1cn(CC(=O)NCC(C)C)nn1. The van der Waals surface area contributed by atoms with Crippen molar-refractivity contribution >= 4 is 5.91 Å². The minimum atomic E-state index is -0.0291. The van der Waals surface area contributed by atoms with Gasteiger partial charge in [0.2, 0.25) is 5.91 Å². The summed E-state index contributed by atoms with van der Waals surface area (Å²) in [5.41, 5.74) is 0.850. The fourth-order valence-corrected chi connectivity index (χ4v) is 1.27. The van der Waals surface area contributed by atoms with Gasteiger partial charge in [0.25, 0.3) is 0 Å². The molecule has 1 aromatic rings. The maximum atomic E-state index is 11.5. The average Bonchev–Trinajstić information content (AvgIpc) is 2.71. The summed E-state index contributed by atoms with van der Waals surface area (Å²) < 4.78 is 1.56. The van der Waals surface area contributed by atoms with Gasteiger partial charge in [0.05, 0.1) is 11.9 Å². The molecule has 1 heterocycles. The van der Waals surface area contributed by atoms with Crippen LogP contribution in [0.5, 0.6) is 0 Å². The van der Waals surface area contributed by atoms with Gasteiger partial charge < -0.3 is 10.6 Å². The van der Waals surface area contributed by atoms with Crippen molar-refractivity contribution in [1.82, 2.24) is 25.6 Å². The first-order valence-corrected chi connectivity index (χ1v) is 5.98. The predicted octanol–water partition coefficient (Wildman–Crippen LogP) is 0.160. The van der Waals surface area contributed by atoms with E-state index in [1.807, 2.05) is 6.92 Å². The zero-order valence-electron chi connectivity index (χ0n) is 10.7. The standard InChI is InChI=1S/C11H21N5O/c1-4-12-6-10-7-16(15-14-10)8-11(17)13-5-9(2)3/h7,9,12H,4-6,8H2,1-3H3,(H,13,17). The van der Waals surface area contributed by atoms with E-state index >= 15 is 0 Å². The molecule has 0 saturated carbocycles. The molecule has 0 bridgehead atoms. The highest BCUT2D eigenvalue weighted by molar-refractivity contribution is 5.75. The third-order valence-corrected chi connectivity index (χ3v) is 2.16. The van der Waals surface area contributed by atoms with Crippen LogP contribution in [0.15, 0.2) is 6.20 Å². The fourth-order valence-electron chi connectivity index (χ4n) is 1.27. The predicted molar refractivity (Wildman–Crippen MR) is 65.3 cm³/mol. The van der Waals surface area contributed by atoms with Crippen LogP contribution in [0.2, 0.25) is 0 Å². The average molecular weight is 239 g/mol. The Labute approximate surface area is 102 Å². The molecule has 0 spiro atoms. The van der Waals surface area contributed by atoms with Crippen molar-refractivity contribution in [2.24, 2.45) is 5.92 Å². The summed E-state index contributed by atoms with van der Waals surface area (Å²) in [6.45, 7) is 8.65. The summed E-state index contributed by atoms with van der Waals surface area (Å²) in [5, 5.41) is 13.9. The van der Waals surface area contributed by atoms with Crippen LogP contribution < -0.4 is 10.6 Å². The molecular weight excluding hydrogens is 218 g/mol. The topological polar surface area (TPSA) is 71.8 Å². The van der Waals surface area contributed by atoms with E-state index in [4.69, 9.17) is 0 Å². The molecular formula is C11H21N5O. The summed E-state index contributed by atoms with van der Waals surface area (Å²) in [6.07, 6.45) is 1.79. The van der Waals surface area contributed by atoms with Gasteiger partial charge in [-0.1, -0.05) is 26.0 Å². The second kappa shape index (κ2) is 7.01. The lowest BCUT2D eigenvalue weighted by Gasteiger charge is -2.06. The number of rotatable bonds is 7. The summed E-state index contributed by atoms with van der Waals surface area (Å²) in [5.74, 6) is 0.428. The first-order chi connectivity index (χ1) is 8.11. The normalized spacial score (nSPS) is 10.8. The maximum Gasteiger partial charge on any atom is 0.241 e. The van der Waals surface area contributed by atoms with Crippen molar-refractivity contribution in [2.75, 3.05) is 13.1 Å². The van der Waals surface area contributed by atoms with Crippen molar-refractivity contribution in [3.63, 3.8) is 0 Å². The van der Waals surface area contributed by atoms with E-state index in [0.717, 1.165) is 12.2 Å². The number of hydrogen-bond acceptors (Lipinski definition) is 4. The van der Waals surface area contributed by atoms with Gasteiger partial charge in [0.15, 0.2) is 0 Å². The molecule has 96 valence electrons. The third-order valence-electron chi connectivity index (χ3n) is 2.16. The molecule has 0 fully saturated rings. The summed E-state index contributed by atoms with van der Waals surface area (Å²) in [4.78, 5) is 11.5. The van der Waals surface area contributed by atoms with Gasteiger partial charge in [-0.15, -0.1) is 5.10 Å². The largest absolute Gasteiger partial charge is 0.354 e. The lowest BCUT2D eigenvalue weighted by Crippen LogP contribution is -2.30.